The zero-order valence-electron chi connectivity index (χ0n) is 12.3. The van der Waals surface area contributed by atoms with Gasteiger partial charge in [0.05, 0.1) is 0 Å². The lowest BCUT2D eigenvalue weighted by Crippen LogP contribution is -2.26. The fourth-order valence-electron chi connectivity index (χ4n) is 1.82. The summed E-state index contributed by atoms with van der Waals surface area (Å²) in [6, 6.07) is 19.6. The molecule has 0 unspecified atom stereocenters. The first-order chi connectivity index (χ1) is 10.8. The van der Waals surface area contributed by atoms with Gasteiger partial charge in [-0.3, -0.25) is 5.32 Å². The van der Waals surface area contributed by atoms with Gasteiger partial charge in [0.15, 0.2) is 6.79 Å². The highest BCUT2D eigenvalue weighted by Crippen LogP contribution is 1.98. The molecule has 0 spiro atoms. The first kappa shape index (κ1) is 16.0. The molecule has 5 nitrogen and oxygen atoms in total. The number of benzene rings is 2. The quantitative estimate of drug-likeness (QED) is 0.581. The van der Waals surface area contributed by atoms with Crippen molar-refractivity contribution >= 4 is 6.09 Å². The molecule has 0 aliphatic carbocycles. The first-order valence-electron chi connectivity index (χ1n) is 7.11. The van der Waals surface area contributed by atoms with Gasteiger partial charge in [0.1, 0.15) is 6.73 Å². The molecule has 116 valence electrons. The molecule has 0 bridgehead atoms. The van der Waals surface area contributed by atoms with E-state index in [0.29, 0.717) is 19.8 Å². The van der Waals surface area contributed by atoms with E-state index in [0.717, 1.165) is 5.56 Å². The second-order valence-electron chi connectivity index (χ2n) is 4.65. The van der Waals surface area contributed by atoms with Crippen LogP contribution in [0.15, 0.2) is 60.7 Å². The minimum atomic E-state index is -0.494. The van der Waals surface area contributed by atoms with Gasteiger partial charge in [0, 0.05) is 13.1 Å². The minimum absolute atomic E-state index is 0.0809. The average Bonchev–Trinajstić information content (AvgIpc) is 2.58. The van der Waals surface area contributed by atoms with E-state index in [1.807, 2.05) is 60.7 Å². The fourth-order valence-corrected chi connectivity index (χ4v) is 1.82. The molecule has 2 rings (SSSR count). The molecule has 0 aliphatic heterocycles. The number of hydrogen-bond acceptors (Lipinski definition) is 4. The van der Waals surface area contributed by atoms with Crippen LogP contribution >= 0.6 is 0 Å². The summed E-state index contributed by atoms with van der Waals surface area (Å²) in [5, 5.41) is 5.75. The van der Waals surface area contributed by atoms with Crippen LogP contribution in [0.2, 0.25) is 0 Å². The van der Waals surface area contributed by atoms with E-state index < -0.39 is 6.09 Å². The standard InChI is InChI=1S/C17H20N2O3/c20-17(19-12-16-9-5-2-6-10-16)22-14-21-13-18-11-15-7-3-1-4-8-15/h1-10,18H,11-14H2,(H,19,20). The van der Waals surface area contributed by atoms with E-state index in [-0.39, 0.29) is 6.79 Å². The number of alkyl carbamates (subject to hydrolysis) is 1. The van der Waals surface area contributed by atoms with Gasteiger partial charge in [-0.15, -0.1) is 0 Å². The van der Waals surface area contributed by atoms with Crippen molar-refractivity contribution in [3.63, 3.8) is 0 Å². The largest absolute Gasteiger partial charge is 0.422 e. The fraction of sp³-hybridized carbons (Fsp3) is 0.235. The Morgan fingerprint density at radius 3 is 2.09 bits per heavy atom. The van der Waals surface area contributed by atoms with Crippen molar-refractivity contribution in [3.8, 4) is 0 Å². The monoisotopic (exact) mass is 300 g/mol. The van der Waals surface area contributed by atoms with Crippen molar-refractivity contribution in [1.82, 2.24) is 10.6 Å². The lowest BCUT2D eigenvalue weighted by Gasteiger charge is -2.08. The third-order valence-electron chi connectivity index (χ3n) is 2.93. The normalized spacial score (nSPS) is 10.2. The Morgan fingerprint density at radius 1 is 0.864 bits per heavy atom. The van der Waals surface area contributed by atoms with Crippen LogP contribution in [-0.2, 0) is 22.6 Å². The number of ether oxygens (including phenoxy) is 2. The lowest BCUT2D eigenvalue weighted by atomic mass is 10.2. The van der Waals surface area contributed by atoms with E-state index in [4.69, 9.17) is 9.47 Å². The number of amides is 1. The van der Waals surface area contributed by atoms with Crippen LogP contribution < -0.4 is 10.6 Å². The molecular weight excluding hydrogens is 280 g/mol. The highest BCUT2D eigenvalue weighted by molar-refractivity contribution is 5.67. The van der Waals surface area contributed by atoms with Crippen molar-refractivity contribution in [1.29, 1.82) is 0 Å². The summed E-state index contributed by atoms with van der Waals surface area (Å²) in [7, 11) is 0. The Kier molecular flexibility index (Phi) is 6.95. The van der Waals surface area contributed by atoms with Gasteiger partial charge in [0.2, 0.25) is 0 Å². The Bertz CT molecular complexity index is 546. The van der Waals surface area contributed by atoms with Gasteiger partial charge >= 0.3 is 6.09 Å². The van der Waals surface area contributed by atoms with Crippen molar-refractivity contribution in [3.05, 3.63) is 71.8 Å². The molecule has 0 radical (unpaired) electrons. The maximum absolute atomic E-state index is 11.4. The summed E-state index contributed by atoms with van der Waals surface area (Å²) < 4.78 is 10.1. The molecule has 2 aromatic carbocycles. The van der Waals surface area contributed by atoms with Gasteiger partial charge < -0.3 is 14.8 Å². The number of hydrogen-bond donors (Lipinski definition) is 2. The Hall–Kier alpha value is -2.37. The molecule has 0 heterocycles. The lowest BCUT2D eigenvalue weighted by molar-refractivity contribution is -0.0226. The molecule has 0 aliphatic rings. The van der Waals surface area contributed by atoms with Crippen LogP contribution in [0.25, 0.3) is 0 Å². The highest BCUT2D eigenvalue weighted by Gasteiger charge is 2.01. The summed E-state index contributed by atoms with van der Waals surface area (Å²) in [5.74, 6) is 0. The van der Waals surface area contributed by atoms with Crippen LogP contribution in [0, 0.1) is 0 Å². The molecule has 2 aromatic rings. The SMILES string of the molecule is O=C(NCc1ccccc1)OCOCNCc1ccccc1. The topological polar surface area (TPSA) is 59.6 Å². The maximum Gasteiger partial charge on any atom is 0.409 e. The molecule has 0 saturated heterocycles. The predicted octanol–water partition coefficient (Wildman–Crippen LogP) is 2.63. The van der Waals surface area contributed by atoms with E-state index in [1.54, 1.807) is 0 Å². The molecule has 5 heteroatoms. The molecular formula is C17H20N2O3. The second-order valence-corrected chi connectivity index (χ2v) is 4.65. The van der Waals surface area contributed by atoms with Crippen LogP contribution in [0.5, 0.6) is 0 Å². The van der Waals surface area contributed by atoms with Gasteiger partial charge in [-0.25, -0.2) is 4.79 Å². The summed E-state index contributed by atoms with van der Waals surface area (Å²) in [5.41, 5.74) is 2.19. The number of carbonyl (C=O) groups is 1. The smallest absolute Gasteiger partial charge is 0.409 e. The summed E-state index contributed by atoms with van der Waals surface area (Å²) in [4.78, 5) is 11.4. The van der Waals surface area contributed by atoms with E-state index in [2.05, 4.69) is 10.6 Å². The number of carbonyl (C=O) groups excluding carboxylic acids is 1. The van der Waals surface area contributed by atoms with Gasteiger partial charge in [-0.2, -0.15) is 0 Å². The molecule has 1 amide bonds. The van der Waals surface area contributed by atoms with Crippen LogP contribution in [0.1, 0.15) is 11.1 Å². The third-order valence-corrected chi connectivity index (χ3v) is 2.93. The van der Waals surface area contributed by atoms with E-state index in [1.165, 1.54) is 5.56 Å². The summed E-state index contributed by atoms with van der Waals surface area (Å²) >= 11 is 0. The van der Waals surface area contributed by atoms with Crippen LogP contribution in [0.3, 0.4) is 0 Å². The first-order valence-corrected chi connectivity index (χ1v) is 7.11. The number of nitrogens with one attached hydrogen (secondary N) is 2. The van der Waals surface area contributed by atoms with Crippen molar-refractivity contribution in [2.75, 3.05) is 13.5 Å². The maximum atomic E-state index is 11.4. The molecule has 0 atom stereocenters. The highest BCUT2D eigenvalue weighted by atomic mass is 16.7. The molecule has 2 N–H and O–H groups in total. The summed E-state index contributed by atoms with van der Waals surface area (Å²) in [6.07, 6.45) is -0.494. The van der Waals surface area contributed by atoms with Crippen molar-refractivity contribution < 1.29 is 14.3 Å². The van der Waals surface area contributed by atoms with Gasteiger partial charge in [0.25, 0.3) is 0 Å². The number of rotatable bonds is 8. The zero-order chi connectivity index (χ0) is 15.5. The summed E-state index contributed by atoms with van der Waals surface area (Å²) in [6.45, 7) is 1.39. The Balaban J connectivity index is 1.49. The Labute approximate surface area is 130 Å². The Morgan fingerprint density at radius 2 is 1.45 bits per heavy atom. The third kappa shape index (κ3) is 6.39. The molecule has 22 heavy (non-hydrogen) atoms. The van der Waals surface area contributed by atoms with Crippen molar-refractivity contribution in [2.24, 2.45) is 0 Å². The van der Waals surface area contributed by atoms with Crippen LogP contribution in [-0.4, -0.2) is 19.6 Å². The predicted molar refractivity (Wildman–Crippen MR) is 83.9 cm³/mol. The molecule has 0 fully saturated rings. The van der Waals surface area contributed by atoms with Crippen LogP contribution in [0.4, 0.5) is 4.79 Å². The van der Waals surface area contributed by atoms with Gasteiger partial charge in [-0.05, 0) is 11.1 Å². The van der Waals surface area contributed by atoms with Crippen molar-refractivity contribution in [2.45, 2.75) is 13.1 Å². The van der Waals surface area contributed by atoms with Gasteiger partial charge in [-0.1, -0.05) is 60.7 Å². The zero-order valence-corrected chi connectivity index (χ0v) is 12.3. The molecule has 0 aromatic heterocycles. The molecule has 0 saturated carbocycles. The minimum Gasteiger partial charge on any atom is -0.422 e. The average molecular weight is 300 g/mol. The second kappa shape index (κ2) is 9.55. The van der Waals surface area contributed by atoms with E-state index in [9.17, 15) is 4.79 Å². The van der Waals surface area contributed by atoms with E-state index >= 15 is 0 Å².